The Labute approximate surface area is 108 Å². The van der Waals surface area contributed by atoms with Crippen LogP contribution in [0.4, 0.5) is 0 Å². The van der Waals surface area contributed by atoms with Crippen LogP contribution in [0.25, 0.3) is 0 Å². The molecule has 0 aliphatic carbocycles. The lowest BCUT2D eigenvalue weighted by atomic mass is 9.74. The first-order chi connectivity index (χ1) is 8.56. The largest absolute Gasteiger partial charge is 0.468 e. The number of carbonyl (C=O) groups is 1. The first-order valence-corrected chi connectivity index (χ1v) is 6.29. The highest BCUT2D eigenvalue weighted by atomic mass is 16.5. The van der Waals surface area contributed by atoms with Crippen molar-refractivity contribution in [3.63, 3.8) is 0 Å². The van der Waals surface area contributed by atoms with Crippen LogP contribution in [0.1, 0.15) is 24.5 Å². The molecular weight excluding hydrogens is 228 g/mol. The molecule has 0 bridgehead atoms. The van der Waals surface area contributed by atoms with Crippen LogP contribution >= 0.6 is 0 Å². The van der Waals surface area contributed by atoms with Crippen molar-refractivity contribution in [3.8, 4) is 0 Å². The average Bonchev–Trinajstić information content (AvgIpc) is 2.33. The molecule has 1 unspecified atom stereocenters. The number of hydrogen-bond donors (Lipinski definition) is 0. The maximum Gasteiger partial charge on any atom is 0.316 e. The summed E-state index contributed by atoms with van der Waals surface area (Å²) < 4.78 is 10.2. The molecule has 1 aliphatic rings. The fourth-order valence-corrected chi connectivity index (χ4v) is 2.45. The van der Waals surface area contributed by atoms with E-state index in [2.05, 4.69) is 0 Å². The predicted molar refractivity (Wildman–Crippen MR) is 69.5 cm³/mol. The number of rotatable bonds is 4. The minimum atomic E-state index is -0.573. The highest BCUT2D eigenvalue weighted by molar-refractivity contribution is 5.82. The Bertz CT molecular complexity index is 420. The summed E-state index contributed by atoms with van der Waals surface area (Å²) in [6, 6.07) is 8.11. The van der Waals surface area contributed by atoms with E-state index in [0.717, 1.165) is 25.2 Å². The first-order valence-electron chi connectivity index (χ1n) is 6.29. The van der Waals surface area contributed by atoms with E-state index in [1.165, 1.54) is 12.7 Å². The molecule has 3 heteroatoms. The number of methoxy groups -OCH3 is 1. The van der Waals surface area contributed by atoms with Crippen LogP contribution in [0.2, 0.25) is 0 Å². The van der Waals surface area contributed by atoms with E-state index >= 15 is 0 Å². The van der Waals surface area contributed by atoms with E-state index in [4.69, 9.17) is 9.47 Å². The lowest BCUT2D eigenvalue weighted by Gasteiger charge is -2.35. The van der Waals surface area contributed by atoms with Crippen LogP contribution in [0, 0.1) is 12.8 Å². The quantitative estimate of drug-likeness (QED) is 0.768. The van der Waals surface area contributed by atoms with Gasteiger partial charge in [-0.05, 0) is 25.8 Å². The van der Waals surface area contributed by atoms with Crippen molar-refractivity contribution in [2.24, 2.45) is 5.92 Å². The molecule has 2 rings (SSSR count). The molecule has 1 aliphatic heterocycles. The highest BCUT2D eigenvalue weighted by Crippen LogP contribution is 2.35. The fourth-order valence-electron chi connectivity index (χ4n) is 2.45. The van der Waals surface area contributed by atoms with Gasteiger partial charge in [0.05, 0.1) is 25.7 Å². The van der Waals surface area contributed by atoms with Gasteiger partial charge in [0, 0.05) is 5.92 Å². The maximum atomic E-state index is 12.1. The second-order valence-corrected chi connectivity index (χ2v) is 5.30. The third kappa shape index (κ3) is 2.41. The van der Waals surface area contributed by atoms with E-state index in [1.807, 2.05) is 38.1 Å². The summed E-state index contributed by atoms with van der Waals surface area (Å²) in [5.41, 5.74) is 1.64. The Balaban J connectivity index is 2.27. The predicted octanol–water partition coefficient (Wildman–Crippen LogP) is 2.46. The van der Waals surface area contributed by atoms with Gasteiger partial charge in [-0.15, -0.1) is 0 Å². The molecule has 0 spiro atoms. The first kappa shape index (κ1) is 13.1. The summed E-state index contributed by atoms with van der Waals surface area (Å²) in [5.74, 6) is 0.286. The number of carbonyl (C=O) groups excluding carboxylic acids is 1. The van der Waals surface area contributed by atoms with Gasteiger partial charge in [0.15, 0.2) is 0 Å². The summed E-state index contributed by atoms with van der Waals surface area (Å²) >= 11 is 0. The Morgan fingerprint density at radius 2 is 2.00 bits per heavy atom. The highest BCUT2D eigenvalue weighted by Gasteiger charge is 2.40. The average molecular weight is 248 g/mol. The third-order valence-corrected chi connectivity index (χ3v) is 3.73. The van der Waals surface area contributed by atoms with Gasteiger partial charge in [0.1, 0.15) is 0 Å². The smallest absolute Gasteiger partial charge is 0.316 e. The van der Waals surface area contributed by atoms with Crippen LogP contribution in [0.15, 0.2) is 24.3 Å². The van der Waals surface area contributed by atoms with E-state index < -0.39 is 5.41 Å². The number of esters is 1. The molecule has 0 amide bonds. The standard InChI is InChI=1S/C15H20O3/c1-11-4-6-13(7-5-11)15(2,14(16)17-3)8-12-9-18-10-12/h4-7,12H,8-10H2,1-3H3. The summed E-state index contributed by atoms with van der Waals surface area (Å²) in [6.07, 6.45) is 0.780. The van der Waals surface area contributed by atoms with Gasteiger partial charge >= 0.3 is 5.97 Å². The van der Waals surface area contributed by atoms with Crippen molar-refractivity contribution in [2.75, 3.05) is 20.3 Å². The Morgan fingerprint density at radius 1 is 1.39 bits per heavy atom. The summed E-state index contributed by atoms with van der Waals surface area (Å²) in [5, 5.41) is 0. The molecule has 1 fully saturated rings. The second kappa shape index (κ2) is 5.11. The molecule has 0 radical (unpaired) electrons. The van der Waals surface area contributed by atoms with Crippen LogP contribution in [-0.4, -0.2) is 26.3 Å². The molecular formula is C15H20O3. The fraction of sp³-hybridized carbons (Fsp3) is 0.533. The van der Waals surface area contributed by atoms with Gasteiger partial charge < -0.3 is 9.47 Å². The molecule has 0 aromatic heterocycles. The van der Waals surface area contributed by atoms with Crippen molar-refractivity contribution in [3.05, 3.63) is 35.4 Å². The van der Waals surface area contributed by atoms with Crippen molar-refractivity contribution in [1.29, 1.82) is 0 Å². The van der Waals surface area contributed by atoms with E-state index in [9.17, 15) is 4.79 Å². The Morgan fingerprint density at radius 3 is 2.44 bits per heavy atom. The van der Waals surface area contributed by atoms with Crippen LogP contribution < -0.4 is 0 Å². The van der Waals surface area contributed by atoms with E-state index in [0.29, 0.717) is 5.92 Å². The monoisotopic (exact) mass is 248 g/mol. The van der Waals surface area contributed by atoms with Crippen LogP contribution in [0.3, 0.4) is 0 Å². The normalized spacial score (nSPS) is 18.8. The van der Waals surface area contributed by atoms with Crippen LogP contribution in [0.5, 0.6) is 0 Å². The van der Waals surface area contributed by atoms with Gasteiger partial charge in [0.25, 0.3) is 0 Å². The zero-order valence-electron chi connectivity index (χ0n) is 11.2. The van der Waals surface area contributed by atoms with Crippen LogP contribution in [-0.2, 0) is 19.7 Å². The van der Waals surface area contributed by atoms with E-state index in [-0.39, 0.29) is 5.97 Å². The number of benzene rings is 1. The molecule has 1 aromatic carbocycles. The van der Waals surface area contributed by atoms with Gasteiger partial charge in [-0.1, -0.05) is 29.8 Å². The number of ether oxygens (including phenoxy) is 2. The Kier molecular flexibility index (Phi) is 3.71. The SMILES string of the molecule is COC(=O)C(C)(CC1COC1)c1ccc(C)cc1. The molecule has 0 N–H and O–H groups in total. The topological polar surface area (TPSA) is 35.5 Å². The molecule has 98 valence electrons. The van der Waals surface area contributed by atoms with Gasteiger partial charge in [-0.3, -0.25) is 4.79 Å². The van der Waals surface area contributed by atoms with Gasteiger partial charge in [-0.25, -0.2) is 0 Å². The van der Waals surface area contributed by atoms with Gasteiger partial charge in [0.2, 0.25) is 0 Å². The van der Waals surface area contributed by atoms with Crippen molar-refractivity contribution < 1.29 is 14.3 Å². The molecule has 1 aromatic rings. The Hall–Kier alpha value is -1.35. The molecule has 1 atom stereocenters. The van der Waals surface area contributed by atoms with Crippen molar-refractivity contribution >= 4 is 5.97 Å². The minimum Gasteiger partial charge on any atom is -0.468 e. The number of hydrogen-bond acceptors (Lipinski definition) is 3. The zero-order valence-corrected chi connectivity index (χ0v) is 11.2. The third-order valence-electron chi connectivity index (χ3n) is 3.73. The molecule has 1 saturated heterocycles. The second-order valence-electron chi connectivity index (χ2n) is 5.30. The number of aryl methyl sites for hydroxylation is 1. The molecule has 1 heterocycles. The van der Waals surface area contributed by atoms with E-state index in [1.54, 1.807) is 0 Å². The summed E-state index contributed by atoms with van der Waals surface area (Å²) in [7, 11) is 1.45. The van der Waals surface area contributed by atoms with Gasteiger partial charge in [-0.2, -0.15) is 0 Å². The minimum absolute atomic E-state index is 0.168. The maximum absolute atomic E-state index is 12.1. The molecule has 18 heavy (non-hydrogen) atoms. The molecule has 3 nitrogen and oxygen atoms in total. The van der Waals surface area contributed by atoms with Crippen molar-refractivity contribution in [1.82, 2.24) is 0 Å². The molecule has 0 saturated carbocycles. The lowest BCUT2D eigenvalue weighted by Crippen LogP contribution is -2.41. The summed E-state index contributed by atoms with van der Waals surface area (Å²) in [6.45, 7) is 5.50. The zero-order chi connectivity index (χ0) is 13.2. The van der Waals surface area contributed by atoms with Crippen molar-refractivity contribution in [2.45, 2.75) is 25.7 Å². The lowest BCUT2D eigenvalue weighted by molar-refractivity contribution is -0.149. The summed E-state index contributed by atoms with van der Waals surface area (Å²) in [4.78, 5) is 12.1.